The first kappa shape index (κ1) is 15.4. The molecule has 2 heterocycles. The van der Waals surface area contributed by atoms with E-state index in [0.29, 0.717) is 0 Å². The minimum atomic E-state index is -0.921. The summed E-state index contributed by atoms with van der Waals surface area (Å²) < 4.78 is 4.78. The third-order valence-electron chi connectivity index (χ3n) is 3.18. The SMILES string of the molecule is O=[N+]([O-])c1ccc2[nH]ccc2c1.OC[C@H]1OC[C@H](O)[C@@H]1O. The molecule has 1 fully saturated rings. The van der Waals surface area contributed by atoms with Crippen molar-refractivity contribution >= 4 is 16.6 Å². The summed E-state index contributed by atoms with van der Waals surface area (Å²) in [5.74, 6) is 0. The first-order valence-corrected chi connectivity index (χ1v) is 6.33. The number of nitro benzene ring substituents is 1. The largest absolute Gasteiger partial charge is 0.394 e. The van der Waals surface area contributed by atoms with E-state index in [1.165, 1.54) is 6.07 Å². The highest BCUT2D eigenvalue weighted by atomic mass is 16.6. The Bertz CT molecular complexity index is 613. The molecule has 1 aromatic carbocycles. The van der Waals surface area contributed by atoms with Crippen LogP contribution in [0.4, 0.5) is 5.69 Å². The molecule has 8 heteroatoms. The van der Waals surface area contributed by atoms with Crippen molar-refractivity contribution in [2.45, 2.75) is 18.3 Å². The molecule has 1 saturated heterocycles. The van der Waals surface area contributed by atoms with Gasteiger partial charge in [-0.05, 0) is 12.1 Å². The second-order valence-corrected chi connectivity index (χ2v) is 4.62. The summed E-state index contributed by atoms with van der Waals surface area (Å²) in [6, 6.07) is 6.54. The fourth-order valence-corrected chi connectivity index (χ4v) is 1.98. The van der Waals surface area contributed by atoms with Crippen LogP contribution in [-0.2, 0) is 4.74 Å². The summed E-state index contributed by atoms with van der Waals surface area (Å²) in [4.78, 5) is 12.9. The molecule has 0 spiro atoms. The van der Waals surface area contributed by atoms with Gasteiger partial charge < -0.3 is 25.0 Å². The van der Waals surface area contributed by atoms with Crippen molar-refractivity contribution in [3.05, 3.63) is 40.6 Å². The summed E-state index contributed by atoms with van der Waals surface area (Å²) in [6.45, 7) is -0.120. The number of hydrogen-bond donors (Lipinski definition) is 4. The topological polar surface area (TPSA) is 129 Å². The van der Waals surface area contributed by atoms with Crippen molar-refractivity contribution in [3.63, 3.8) is 0 Å². The van der Waals surface area contributed by atoms with Crippen molar-refractivity contribution in [2.75, 3.05) is 13.2 Å². The van der Waals surface area contributed by atoms with Gasteiger partial charge in [0.05, 0.1) is 18.1 Å². The van der Waals surface area contributed by atoms with Gasteiger partial charge >= 0.3 is 0 Å². The van der Waals surface area contributed by atoms with E-state index in [-0.39, 0.29) is 18.9 Å². The minimum Gasteiger partial charge on any atom is -0.394 e. The predicted octanol–water partition coefficient (Wildman–Crippen LogP) is 0.175. The van der Waals surface area contributed by atoms with Crippen LogP contribution in [0.5, 0.6) is 0 Å². The number of aromatic nitrogens is 1. The van der Waals surface area contributed by atoms with Crippen LogP contribution in [-0.4, -0.2) is 56.8 Å². The second kappa shape index (κ2) is 6.64. The third-order valence-corrected chi connectivity index (χ3v) is 3.18. The highest BCUT2D eigenvalue weighted by molar-refractivity contribution is 5.81. The number of hydrogen-bond acceptors (Lipinski definition) is 6. The number of rotatable bonds is 2. The van der Waals surface area contributed by atoms with Crippen molar-refractivity contribution in [2.24, 2.45) is 0 Å². The maximum absolute atomic E-state index is 10.4. The standard InChI is InChI=1S/C8H6N2O2.C5H10O4/c11-10(12)7-1-2-8-6(5-7)3-4-9-8;6-1-4-5(8)3(7)2-9-4/h1-5,9H;3-8H,1-2H2/t;3-,4+,5-/m.0/s1. The predicted molar refractivity (Wildman–Crippen MR) is 73.8 cm³/mol. The van der Waals surface area contributed by atoms with E-state index in [9.17, 15) is 10.1 Å². The van der Waals surface area contributed by atoms with Gasteiger partial charge in [-0.15, -0.1) is 0 Å². The van der Waals surface area contributed by atoms with Crippen LogP contribution in [0, 0.1) is 10.1 Å². The van der Waals surface area contributed by atoms with E-state index >= 15 is 0 Å². The maximum atomic E-state index is 10.4. The van der Waals surface area contributed by atoms with Crippen molar-refractivity contribution in [3.8, 4) is 0 Å². The number of nitrogens with zero attached hydrogens (tertiary/aromatic N) is 1. The third kappa shape index (κ3) is 3.56. The first-order valence-electron chi connectivity index (χ1n) is 6.33. The number of aliphatic hydroxyl groups is 3. The normalized spacial score (nSPS) is 24.6. The maximum Gasteiger partial charge on any atom is 0.270 e. The van der Waals surface area contributed by atoms with Gasteiger partial charge in [0.1, 0.15) is 18.3 Å². The lowest BCUT2D eigenvalue weighted by Gasteiger charge is -2.10. The summed E-state index contributed by atoms with van der Waals surface area (Å²) >= 11 is 0. The number of nitrogens with one attached hydrogen (secondary N) is 1. The fourth-order valence-electron chi connectivity index (χ4n) is 1.98. The molecular formula is C13H16N2O6. The van der Waals surface area contributed by atoms with Gasteiger partial charge in [0.15, 0.2) is 0 Å². The van der Waals surface area contributed by atoms with Gasteiger partial charge in [-0.25, -0.2) is 0 Å². The molecule has 114 valence electrons. The van der Waals surface area contributed by atoms with Crippen LogP contribution in [0.1, 0.15) is 0 Å². The molecule has 0 unspecified atom stereocenters. The summed E-state index contributed by atoms with van der Waals surface area (Å²) in [5, 5.41) is 37.4. The zero-order valence-electron chi connectivity index (χ0n) is 11.0. The van der Waals surface area contributed by atoms with Gasteiger partial charge in [-0.1, -0.05) is 0 Å². The molecule has 3 rings (SSSR count). The molecule has 0 bridgehead atoms. The van der Waals surface area contributed by atoms with Gasteiger partial charge in [0, 0.05) is 29.2 Å². The van der Waals surface area contributed by atoms with Crippen molar-refractivity contribution in [1.82, 2.24) is 4.98 Å². The molecule has 0 aliphatic carbocycles. The quantitative estimate of drug-likeness (QED) is 0.462. The molecule has 3 atom stereocenters. The molecule has 0 amide bonds. The lowest BCUT2D eigenvalue weighted by molar-refractivity contribution is -0.384. The Balaban J connectivity index is 0.000000161. The Hall–Kier alpha value is -2.00. The highest BCUT2D eigenvalue weighted by Crippen LogP contribution is 2.19. The minimum absolute atomic E-state index is 0.117. The number of aromatic amines is 1. The van der Waals surface area contributed by atoms with Crippen LogP contribution in [0.2, 0.25) is 0 Å². The van der Waals surface area contributed by atoms with E-state index in [2.05, 4.69) is 4.98 Å². The van der Waals surface area contributed by atoms with E-state index in [0.717, 1.165) is 10.9 Å². The van der Waals surface area contributed by atoms with E-state index in [1.54, 1.807) is 18.3 Å². The zero-order chi connectivity index (χ0) is 15.4. The molecule has 21 heavy (non-hydrogen) atoms. The van der Waals surface area contributed by atoms with Crippen molar-refractivity contribution < 1.29 is 25.0 Å². The Morgan fingerprint density at radius 2 is 2.14 bits per heavy atom. The Morgan fingerprint density at radius 1 is 1.38 bits per heavy atom. The molecule has 2 aromatic rings. The van der Waals surface area contributed by atoms with Crippen LogP contribution >= 0.6 is 0 Å². The molecule has 0 saturated carbocycles. The molecule has 0 radical (unpaired) electrons. The van der Waals surface area contributed by atoms with Gasteiger partial charge in [0.2, 0.25) is 0 Å². The zero-order valence-corrected chi connectivity index (χ0v) is 11.0. The molecule has 1 aromatic heterocycles. The number of benzene rings is 1. The van der Waals surface area contributed by atoms with Crippen LogP contribution in [0.25, 0.3) is 10.9 Å². The molecule has 1 aliphatic heterocycles. The Kier molecular flexibility index (Phi) is 4.86. The van der Waals surface area contributed by atoms with Crippen LogP contribution < -0.4 is 0 Å². The molecule has 1 aliphatic rings. The lowest BCUT2D eigenvalue weighted by Crippen LogP contribution is -2.31. The van der Waals surface area contributed by atoms with Gasteiger partial charge in [-0.2, -0.15) is 0 Å². The fraction of sp³-hybridized carbons (Fsp3) is 0.385. The summed E-state index contributed by atoms with van der Waals surface area (Å²) in [7, 11) is 0. The first-order chi connectivity index (χ1) is 10.0. The second-order valence-electron chi connectivity index (χ2n) is 4.62. The number of nitro groups is 1. The number of fused-ring (bicyclic) bond motifs is 1. The average molecular weight is 296 g/mol. The lowest BCUT2D eigenvalue weighted by atomic mass is 10.2. The monoisotopic (exact) mass is 296 g/mol. The number of aliphatic hydroxyl groups excluding tert-OH is 3. The van der Waals surface area contributed by atoms with E-state index < -0.39 is 23.2 Å². The number of H-pyrrole nitrogens is 1. The Labute approximate surface area is 119 Å². The highest BCUT2D eigenvalue weighted by Gasteiger charge is 2.33. The summed E-state index contributed by atoms with van der Waals surface area (Å²) in [5.41, 5.74) is 1.04. The molecule has 8 nitrogen and oxygen atoms in total. The van der Waals surface area contributed by atoms with Crippen LogP contribution in [0.3, 0.4) is 0 Å². The van der Waals surface area contributed by atoms with Gasteiger partial charge in [0.25, 0.3) is 5.69 Å². The van der Waals surface area contributed by atoms with Crippen molar-refractivity contribution in [1.29, 1.82) is 0 Å². The summed E-state index contributed by atoms with van der Waals surface area (Å²) in [6.07, 6.45) is -0.592. The average Bonchev–Trinajstić information content (AvgIpc) is 3.06. The Morgan fingerprint density at radius 3 is 2.67 bits per heavy atom. The smallest absolute Gasteiger partial charge is 0.270 e. The number of non-ortho nitro benzene ring substituents is 1. The van der Waals surface area contributed by atoms with E-state index in [4.69, 9.17) is 20.1 Å². The van der Waals surface area contributed by atoms with Gasteiger partial charge in [-0.3, -0.25) is 10.1 Å². The van der Waals surface area contributed by atoms with E-state index in [1.807, 2.05) is 6.07 Å². The molecular weight excluding hydrogens is 280 g/mol. The number of ether oxygens (including phenoxy) is 1. The molecule has 4 N–H and O–H groups in total. The van der Waals surface area contributed by atoms with Crippen LogP contribution in [0.15, 0.2) is 30.5 Å².